The van der Waals surface area contributed by atoms with Crippen LogP contribution in [0.3, 0.4) is 0 Å². The average Bonchev–Trinajstić information content (AvgIpc) is 3.30. The number of aromatic nitrogens is 2. The third-order valence-electron chi connectivity index (χ3n) is 5.19. The summed E-state index contributed by atoms with van der Waals surface area (Å²) < 4.78 is 4.85. The standard InChI is InChI=1S/C19H27N5O3/c1-4-17(25)20-14-10-16(19(26)23(5-2)6-3)24(12-14)11-13-8-7-9-15-18(13)22-27-21-15/h7-9,14,16H,4-6,10-12H2,1-3H3,(H,20,25)/t14-,16+/m1/s1. The van der Waals surface area contributed by atoms with E-state index in [1.807, 2.05) is 43.9 Å². The molecule has 1 aliphatic heterocycles. The van der Waals surface area contributed by atoms with Crippen molar-refractivity contribution in [3.63, 3.8) is 0 Å². The number of fused-ring (bicyclic) bond motifs is 1. The third kappa shape index (κ3) is 4.10. The topological polar surface area (TPSA) is 91.6 Å². The molecule has 1 N–H and O–H groups in total. The fourth-order valence-corrected chi connectivity index (χ4v) is 3.72. The minimum atomic E-state index is -0.262. The number of hydrogen-bond acceptors (Lipinski definition) is 6. The van der Waals surface area contributed by atoms with Crippen LogP contribution in [0.1, 0.15) is 39.2 Å². The summed E-state index contributed by atoms with van der Waals surface area (Å²) in [4.78, 5) is 28.9. The second-order valence-electron chi connectivity index (χ2n) is 6.86. The van der Waals surface area contributed by atoms with E-state index in [1.165, 1.54) is 0 Å². The number of nitrogens with zero attached hydrogens (tertiary/aromatic N) is 4. The highest BCUT2D eigenvalue weighted by molar-refractivity contribution is 5.83. The highest BCUT2D eigenvalue weighted by Crippen LogP contribution is 2.25. The first-order chi connectivity index (χ1) is 13.1. The molecule has 1 aliphatic rings. The van der Waals surface area contributed by atoms with Gasteiger partial charge in [0.05, 0.1) is 6.04 Å². The van der Waals surface area contributed by atoms with Gasteiger partial charge in [-0.15, -0.1) is 0 Å². The van der Waals surface area contributed by atoms with Crippen molar-refractivity contribution in [2.45, 2.75) is 52.2 Å². The number of carbonyl (C=O) groups is 2. The maximum atomic E-state index is 13.0. The number of likely N-dealkylation sites (N-methyl/N-ethyl adjacent to an activating group) is 1. The van der Waals surface area contributed by atoms with Crippen LogP contribution in [0.15, 0.2) is 22.8 Å². The molecule has 0 radical (unpaired) electrons. The summed E-state index contributed by atoms with van der Waals surface area (Å²) in [6.45, 7) is 8.34. The normalized spacial score (nSPS) is 20.1. The number of nitrogens with one attached hydrogen (secondary N) is 1. The van der Waals surface area contributed by atoms with Gasteiger partial charge in [0.15, 0.2) is 0 Å². The van der Waals surface area contributed by atoms with Gasteiger partial charge in [0.1, 0.15) is 11.0 Å². The van der Waals surface area contributed by atoms with E-state index in [9.17, 15) is 9.59 Å². The van der Waals surface area contributed by atoms with E-state index < -0.39 is 0 Å². The monoisotopic (exact) mass is 373 g/mol. The lowest BCUT2D eigenvalue weighted by molar-refractivity contribution is -0.135. The molecule has 1 aromatic heterocycles. The number of carbonyl (C=O) groups excluding carboxylic acids is 2. The molecule has 2 amide bonds. The highest BCUT2D eigenvalue weighted by atomic mass is 16.6. The SMILES string of the molecule is CCC(=O)N[C@@H]1C[C@@H](C(=O)N(CC)CC)N(Cc2cccc3nonc23)C1. The number of likely N-dealkylation sites (tertiary alicyclic amines) is 1. The van der Waals surface area contributed by atoms with Crippen LogP contribution in [0.25, 0.3) is 11.0 Å². The molecule has 27 heavy (non-hydrogen) atoms. The van der Waals surface area contributed by atoms with Crippen LogP contribution in [-0.4, -0.2) is 63.6 Å². The van der Waals surface area contributed by atoms with Gasteiger partial charge in [-0.2, -0.15) is 0 Å². The molecule has 1 saturated heterocycles. The molecule has 2 atom stereocenters. The van der Waals surface area contributed by atoms with E-state index >= 15 is 0 Å². The molecule has 1 aromatic carbocycles. The van der Waals surface area contributed by atoms with Gasteiger partial charge >= 0.3 is 0 Å². The predicted molar refractivity (Wildman–Crippen MR) is 101 cm³/mol. The van der Waals surface area contributed by atoms with Crippen LogP contribution in [0.5, 0.6) is 0 Å². The molecule has 8 nitrogen and oxygen atoms in total. The zero-order valence-corrected chi connectivity index (χ0v) is 16.1. The second kappa shape index (κ2) is 8.47. The molecule has 2 heterocycles. The minimum absolute atomic E-state index is 0.0127. The fraction of sp³-hybridized carbons (Fsp3) is 0.579. The zero-order valence-electron chi connectivity index (χ0n) is 16.1. The van der Waals surface area contributed by atoms with Gasteiger partial charge in [-0.05, 0) is 42.2 Å². The van der Waals surface area contributed by atoms with Gasteiger partial charge in [0, 0.05) is 38.6 Å². The first-order valence-corrected chi connectivity index (χ1v) is 9.59. The molecule has 3 rings (SSSR count). The Kier molecular flexibility index (Phi) is 6.05. The lowest BCUT2D eigenvalue weighted by atomic mass is 10.1. The van der Waals surface area contributed by atoms with Crippen LogP contribution in [0.4, 0.5) is 0 Å². The first-order valence-electron chi connectivity index (χ1n) is 9.59. The molecule has 2 aromatic rings. The Morgan fingerprint density at radius 3 is 2.74 bits per heavy atom. The molecule has 0 spiro atoms. The lowest BCUT2D eigenvalue weighted by Crippen LogP contribution is -2.45. The van der Waals surface area contributed by atoms with Crippen LogP contribution in [0.2, 0.25) is 0 Å². The summed E-state index contributed by atoms with van der Waals surface area (Å²) in [5.74, 6) is 0.123. The minimum Gasteiger partial charge on any atom is -0.352 e. The van der Waals surface area contributed by atoms with E-state index in [1.54, 1.807) is 0 Å². The summed E-state index contributed by atoms with van der Waals surface area (Å²) in [6.07, 6.45) is 1.06. The average molecular weight is 373 g/mol. The van der Waals surface area contributed by atoms with Crippen LogP contribution in [-0.2, 0) is 16.1 Å². The van der Waals surface area contributed by atoms with Gasteiger partial charge in [0.2, 0.25) is 11.8 Å². The summed E-state index contributed by atoms with van der Waals surface area (Å²) in [5, 5.41) is 10.9. The van der Waals surface area contributed by atoms with Gasteiger partial charge in [-0.25, -0.2) is 4.63 Å². The van der Waals surface area contributed by atoms with Crippen molar-refractivity contribution >= 4 is 22.8 Å². The summed E-state index contributed by atoms with van der Waals surface area (Å²) in [5.41, 5.74) is 2.38. The zero-order chi connectivity index (χ0) is 19.4. The van der Waals surface area contributed by atoms with Crippen molar-refractivity contribution in [3.8, 4) is 0 Å². The maximum absolute atomic E-state index is 13.0. The fourth-order valence-electron chi connectivity index (χ4n) is 3.72. The molecule has 0 saturated carbocycles. The highest BCUT2D eigenvalue weighted by Gasteiger charge is 2.39. The molecule has 8 heteroatoms. The predicted octanol–water partition coefficient (Wildman–Crippen LogP) is 1.56. The van der Waals surface area contributed by atoms with E-state index in [2.05, 4.69) is 20.5 Å². The molecule has 0 unspecified atom stereocenters. The molecular formula is C19H27N5O3. The van der Waals surface area contributed by atoms with E-state index in [0.717, 1.165) is 5.56 Å². The molecule has 0 aliphatic carbocycles. The third-order valence-corrected chi connectivity index (χ3v) is 5.19. The van der Waals surface area contributed by atoms with Crippen LogP contribution in [0, 0.1) is 0 Å². The van der Waals surface area contributed by atoms with E-state index in [-0.39, 0.29) is 23.9 Å². The van der Waals surface area contributed by atoms with E-state index in [4.69, 9.17) is 4.63 Å². The molecule has 146 valence electrons. The largest absolute Gasteiger partial charge is 0.352 e. The Labute approximate surface area is 158 Å². The van der Waals surface area contributed by atoms with Gasteiger partial charge in [0.25, 0.3) is 0 Å². The van der Waals surface area contributed by atoms with E-state index in [0.29, 0.717) is 50.1 Å². The van der Waals surface area contributed by atoms with Crippen molar-refractivity contribution in [3.05, 3.63) is 23.8 Å². The van der Waals surface area contributed by atoms with Crippen molar-refractivity contribution in [1.29, 1.82) is 0 Å². The molecular weight excluding hydrogens is 346 g/mol. The van der Waals surface area contributed by atoms with Crippen molar-refractivity contribution in [2.75, 3.05) is 19.6 Å². The number of hydrogen-bond donors (Lipinski definition) is 1. The Balaban J connectivity index is 1.83. The lowest BCUT2D eigenvalue weighted by Gasteiger charge is -2.28. The van der Waals surface area contributed by atoms with Gasteiger partial charge in [-0.3, -0.25) is 14.5 Å². The summed E-state index contributed by atoms with van der Waals surface area (Å²) >= 11 is 0. The number of amides is 2. The summed E-state index contributed by atoms with van der Waals surface area (Å²) in [7, 11) is 0. The van der Waals surface area contributed by atoms with Gasteiger partial charge in [-0.1, -0.05) is 19.1 Å². The number of benzene rings is 1. The maximum Gasteiger partial charge on any atom is 0.240 e. The summed E-state index contributed by atoms with van der Waals surface area (Å²) in [6, 6.07) is 5.44. The molecule has 0 bridgehead atoms. The second-order valence-corrected chi connectivity index (χ2v) is 6.86. The Bertz CT molecular complexity index is 801. The van der Waals surface area contributed by atoms with Crippen molar-refractivity contribution in [1.82, 2.24) is 25.4 Å². The Hall–Kier alpha value is -2.48. The first kappa shape index (κ1) is 19.3. The Morgan fingerprint density at radius 1 is 1.26 bits per heavy atom. The quantitative estimate of drug-likeness (QED) is 0.792. The molecule has 1 fully saturated rings. The van der Waals surface area contributed by atoms with Crippen molar-refractivity contribution in [2.24, 2.45) is 0 Å². The van der Waals surface area contributed by atoms with Gasteiger partial charge < -0.3 is 10.2 Å². The Morgan fingerprint density at radius 2 is 2.04 bits per heavy atom. The smallest absolute Gasteiger partial charge is 0.240 e. The van der Waals surface area contributed by atoms with Crippen LogP contribution < -0.4 is 5.32 Å². The number of rotatable bonds is 7. The van der Waals surface area contributed by atoms with Crippen LogP contribution >= 0.6 is 0 Å². The van der Waals surface area contributed by atoms with Crippen molar-refractivity contribution < 1.29 is 14.2 Å².